The molecule has 0 aromatic heterocycles. The summed E-state index contributed by atoms with van der Waals surface area (Å²) in [5.74, 6) is 2.43. The van der Waals surface area contributed by atoms with Gasteiger partial charge >= 0.3 is 0 Å². The molecule has 0 aliphatic carbocycles. The van der Waals surface area contributed by atoms with E-state index in [0.29, 0.717) is 5.92 Å². The summed E-state index contributed by atoms with van der Waals surface area (Å²) in [5, 5.41) is 0. The molecule has 1 fully saturated rings. The Morgan fingerprint density at radius 3 is 2.91 bits per heavy atom. The molecule has 1 rings (SSSR count). The molecule has 0 saturated carbocycles. The fourth-order valence-electron chi connectivity index (χ4n) is 1.04. The van der Waals surface area contributed by atoms with Gasteiger partial charge in [0.25, 0.3) is 0 Å². The monoisotopic (exact) mass is 174 g/mol. The van der Waals surface area contributed by atoms with Crippen LogP contribution in [0.25, 0.3) is 0 Å². The highest BCUT2D eigenvalue weighted by molar-refractivity contribution is 7.86. The lowest BCUT2D eigenvalue weighted by Gasteiger charge is -2.23. The quantitative estimate of drug-likeness (QED) is 0.474. The van der Waals surface area contributed by atoms with Crippen molar-refractivity contribution in [1.29, 1.82) is 0 Å². The molecule has 0 radical (unpaired) electrons. The van der Waals surface area contributed by atoms with Crippen molar-refractivity contribution in [3.05, 3.63) is 12.3 Å². The lowest BCUT2D eigenvalue weighted by Crippen LogP contribution is -2.31. The molecule has 1 aliphatic rings. The highest BCUT2D eigenvalue weighted by Crippen LogP contribution is 2.17. The van der Waals surface area contributed by atoms with E-state index < -0.39 is 10.8 Å². The third kappa shape index (κ3) is 3.06. The first kappa shape index (κ1) is 8.78. The van der Waals surface area contributed by atoms with E-state index in [1.165, 1.54) is 0 Å². The highest BCUT2D eigenvalue weighted by Gasteiger charge is 2.24. The summed E-state index contributed by atoms with van der Waals surface area (Å²) >= 11 is 0. The van der Waals surface area contributed by atoms with Gasteiger partial charge in [0.15, 0.2) is 0 Å². The second-order valence-corrected chi connectivity index (χ2v) is 4.31. The molecule has 0 spiro atoms. The third-order valence-electron chi connectivity index (χ3n) is 1.72. The zero-order chi connectivity index (χ0) is 8.10. The molecule has 3 heteroatoms. The van der Waals surface area contributed by atoms with Gasteiger partial charge in [0.2, 0.25) is 0 Å². The molecular formula is C8H14O2S. The van der Waals surface area contributed by atoms with E-state index in [1.54, 1.807) is 6.26 Å². The van der Waals surface area contributed by atoms with Crippen LogP contribution in [0.4, 0.5) is 0 Å². The maximum atomic E-state index is 10.7. The van der Waals surface area contributed by atoms with Crippen LogP contribution in [0.15, 0.2) is 12.3 Å². The Bertz CT molecular complexity index is 157. The number of ether oxygens (including phenoxy) is 1. The van der Waals surface area contributed by atoms with E-state index in [9.17, 15) is 4.21 Å². The lowest BCUT2D eigenvalue weighted by molar-refractivity contribution is 0.227. The maximum Gasteiger partial charge on any atom is 0.0876 e. The maximum absolute atomic E-state index is 10.7. The molecule has 1 saturated heterocycles. The van der Waals surface area contributed by atoms with Gasteiger partial charge in [0.05, 0.1) is 12.9 Å². The fraction of sp³-hybridized carbons (Fsp3) is 0.750. The van der Waals surface area contributed by atoms with Crippen molar-refractivity contribution >= 4 is 10.8 Å². The van der Waals surface area contributed by atoms with Gasteiger partial charge < -0.3 is 4.74 Å². The van der Waals surface area contributed by atoms with Crippen LogP contribution >= 0.6 is 0 Å². The topological polar surface area (TPSA) is 26.3 Å². The number of hydrogen-bond acceptors (Lipinski definition) is 2. The van der Waals surface area contributed by atoms with E-state index in [2.05, 4.69) is 0 Å². The summed E-state index contributed by atoms with van der Waals surface area (Å²) < 4.78 is 15.8. The molecule has 0 bridgehead atoms. The van der Waals surface area contributed by atoms with Crippen molar-refractivity contribution in [1.82, 2.24) is 0 Å². The summed E-state index contributed by atoms with van der Waals surface area (Å²) in [6.45, 7) is 2.70. The molecule has 0 unspecified atom stereocenters. The molecule has 11 heavy (non-hydrogen) atoms. The van der Waals surface area contributed by atoms with Crippen LogP contribution in [0.3, 0.4) is 0 Å². The average Bonchev–Trinajstić information content (AvgIpc) is 1.94. The van der Waals surface area contributed by atoms with Crippen molar-refractivity contribution in [2.45, 2.75) is 13.3 Å². The van der Waals surface area contributed by atoms with Crippen LogP contribution in [-0.2, 0) is 15.5 Å². The van der Waals surface area contributed by atoms with Crippen molar-refractivity contribution in [3.63, 3.8) is 0 Å². The van der Waals surface area contributed by atoms with Crippen molar-refractivity contribution in [2.75, 3.05) is 18.1 Å². The Morgan fingerprint density at radius 2 is 2.36 bits per heavy atom. The van der Waals surface area contributed by atoms with Gasteiger partial charge in [-0.05, 0) is 19.3 Å². The molecule has 2 nitrogen and oxygen atoms in total. The van der Waals surface area contributed by atoms with E-state index in [-0.39, 0.29) is 0 Å². The van der Waals surface area contributed by atoms with Crippen LogP contribution in [0.5, 0.6) is 0 Å². The first-order valence-corrected chi connectivity index (χ1v) is 5.39. The molecule has 64 valence electrons. The Labute approximate surface area is 70.1 Å². The standard InChI is InChI=1S/C8H14O2S/c1-2-4-10-5-3-8-6-11(9)7-8/h2,4,8H,3,5-7H2,1H3/b4-2+. The number of hydrogen-bond donors (Lipinski definition) is 0. The molecule has 1 aliphatic heterocycles. The van der Waals surface area contributed by atoms with Crippen LogP contribution in [-0.4, -0.2) is 22.3 Å². The Balaban J connectivity index is 1.92. The van der Waals surface area contributed by atoms with Crippen molar-refractivity contribution in [3.8, 4) is 0 Å². The molecule has 0 aromatic rings. The second-order valence-electron chi connectivity index (χ2n) is 2.77. The van der Waals surface area contributed by atoms with Gasteiger partial charge in [0.1, 0.15) is 0 Å². The predicted octanol–water partition coefficient (Wildman–Crippen LogP) is 1.31. The van der Waals surface area contributed by atoms with E-state index in [4.69, 9.17) is 4.74 Å². The van der Waals surface area contributed by atoms with Crippen LogP contribution in [0.2, 0.25) is 0 Å². The predicted molar refractivity (Wildman–Crippen MR) is 46.7 cm³/mol. The second kappa shape index (κ2) is 4.54. The van der Waals surface area contributed by atoms with Crippen LogP contribution < -0.4 is 0 Å². The van der Waals surface area contributed by atoms with Crippen molar-refractivity contribution in [2.24, 2.45) is 5.92 Å². The summed E-state index contributed by atoms with van der Waals surface area (Å²) in [5.41, 5.74) is 0. The molecule has 1 heterocycles. The molecule has 0 amide bonds. The molecular weight excluding hydrogens is 160 g/mol. The van der Waals surface area contributed by atoms with Gasteiger partial charge in [0, 0.05) is 22.3 Å². The summed E-state index contributed by atoms with van der Waals surface area (Å²) in [6, 6.07) is 0. The van der Waals surface area contributed by atoms with Gasteiger partial charge in [-0.15, -0.1) is 0 Å². The minimum atomic E-state index is -0.503. The summed E-state index contributed by atoms with van der Waals surface area (Å²) in [6.07, 6.45) is 4.63. The minimum Gasteiger partial charge on any atom is -0.502 e. The van der Waals surface area contributed by atoms with Gasteiger partial charge in [-0.3, -0.25) is 4.21 Å². The summed E-state index contributed by atoms with van der Waals surface area (Å²) in [4.78, 5) is 0. The number of rotatable bonds is 4. The van der Waals surface area contributed by atoms with E-state index >= 15 is 0 Å². The Kier molecular flexibility index (Phi) is 3.63. The number of allylic oxidation sites excluding steroid dienone is 1. The first-order valence-electron chi connectivity index (χ1n) is 3.90. The highest BCUT2D eigenvalue weighted by atomic mass is 32.2. The zero-order valence-corrected chi connectivity index (χ0v) is 7.60. The van der Waals surface area contributed by atoms with Gasteiger partial charge in [-0.2, -0.15) is 0 Å². The first-order chi connectivity index (χ1) is 5.33. The van der Waals surface area contributed by atoms with E-state index in [0.717, 1.165) is 24.5 Å². The minimum absolute atomic E-state index is 0.503. The lowest BCUT2D eigenvalue weighted by atomic mass is 10.1. The smallest absolute Gasteiger partial charge is 0.0876 e. The normalized spacial score (nSPS) is 30.3. The average molecular weight is 174 g/mol. The SMILES string of the molecule is C/C=C/OCCC1CS(=O)C1. The fourth-order valence-corrected chi connectivity index (χ4v) is 2.33. The van der Waals surface area contributed by atoms with Crippen LogP contribution in [0, 0.1) is 5.92 Å². The summed E-state index contributed by atoms with van der Waals surface area (Å²) in [7, 11) is -0.503. The van der Waals surface area contributed by atoms with Crippen LogP contribution in [0.1, 0.15) is 13.3 Å². The van der Waals surface area contributed by atoms with Crippen molar-refractivity contribution < 1.29 is 8.95 Å². The van der Waals surface area contributed by atoms with E-state index in [1.807, 2.05) is 13.0 Å². The Hall–Kier alpha value is -0.310. The largest absolute Gasteiger partial charge is 0.502 e. The van der Waals surface area contributed by atoms with Gasteiger partial charge in [-0.1, -0.05) is 6.08 Å². The molecule has 0 N–H and O–H groups in total. The van der Waals surface area contributed by atoms with Gasteiger partial charge in [-0.25, -0.2) is 0 Å². The molecule has 0 atom stereocenters. The zero-order valence-electron chi connectivity index (χ0n) is 6.79. The molecule has 0 aromatic carbocycles. The Morgan fingerprint density at radius 1 is 1.64 bits per heavy atom. The third-order valence-corrected chi connectivity index (χ3v) is 3.41.